The van der Waals surface area contributed by atoms with Crippen LogP contribution in [0.1, 0.15) is 71.6 Å². The minimum absolute atomic E-state index is 0.0826. The van der Waals surface area contributed by atoms with Gasteiger partial charge in [-0.1, -0.05) is 56.3 Å². The number of likely N-dealkylation sites (tertiary alicyclic amines) is 1. The molecule has 1 saturated heterocycles. The number of benzene rings is 1. The SMILES string of the molecule is CC1(C)CC(=O)[C@H](C[C@@H](C#N)NC(=O)[C@@H]2CC3(CCCCC3)CN2C(=O)COc2ccc(Cl)cc2Cl)C1. The monoisotopic (exact) mass is 547 g/mol. The van der Waals surface area contributed by atoms with Crippen molar-refractivity contribution in [3.05, 3.63) is 28.2 Å². The molecule has 3 fully saturated rings. The van der Waals surface area contributed by atoms with Crippen molar-refractivity contribution >= 4 is 40.8 Å². The van der Waals surface area contributed by atoms with Gasteiger partial charge >= 0.3 is 0 Å². The van der Waals surface area contributed by atoms with E-state index in [9.17, 15) is 19.6 Å². The lowest BCUT2D eigenvalue weighted by atomic mass is 9.72. The smallest absolute Gasteiger partial charge is 0.261 e. The molecule has 9 heteroatoms. The quantitative estimate of drug-likeness (QED) is 0.497. The molecule has 1 N–H and O–H groups in total. The van der Waals surface area contributed by atoms with E-state index >= 15 is 0 Å². The van der Waals surface area contributed by atoms with E-state index in [4.69, 9.17) is 27.9 Å². The fraction of sp³-hybridized carbons (Fsp3) is 0.643. The van der Waals surface area contributed by atoms with Crippen molar-refractivity contribution in [3.8, 4) is 11.8 Å². The maximum Gasteiger partial charge on any atom is 0.261 e. The third-order valence-electron chi connectivity index (χ3n) is 8.19. The topological polar surface area (TPSA) is 99.5 Å². The van der Waals surface area contributed by atoms with Crippen molar-refractivity contribution in [3.63, 3.8) is 0 Å². The average Bonchev–Trinajstić information content (AvgIpc) is 3.33. The van der Waals surface area contributed by atoms with E-state index in [1.54, 1.807) is 23.1 Å². The van der Waals surface area contributed by atoms with Gasteiger partial charge in [0.05, 0.1) is 11.1 Å². The highest BCUT2D eigenvalue weighted by molar-refractivity contribution is 6.35. The first-order chi connectivity index (χ1) is 17.5. The fourth-order valence-corrected chi connectivity index (χ4v) is 6.87. The molecule has 1 aromatic carbocycles. The number of nitriles is 1. The minimum Gasteiger partial charge on any atom is -0.482 e. The number of halogens is 2. The zero-order chi connectivity index (χ0) is 26.8. The van der Waals surface area contributed by atoms with Crippen molar-refractivity contribution < 1.29 is 19.1 Å². The van der Waals surface area contributed by atoms with Crippen molar-refractivity contribution in [1.82, 2.24) is 10.2 Å². The number of carbonyl (C=O) groups is 3. The number of ether oxygens (including phenoxy) is 1. The Labute approximate surface area is 228 Å². The molecule has 2 saturated carbocycles. The summed E-state index contributed by atoms with van der Waals surface area (Å²) in [7, 11) is 0. The van der Waals surface area contributed by atoms with Gasteiger partial charge in [0.25, 0.3) is 5.91 Å². The van der Waals surface area contributed by atoms with E-state index in [1.165, 1.54) is 0 Å². The lowest BCUT2D eigenvalue weighted by molar-refractivity contribution is -0.140. The highest BCUT2D eigenvalue weighted by Crippen LogP contribution is 2.46. The summed E-state index contributed by atoms with van der Waals surface area (Å²) < 4.78 is 5.69. The minimum atomic E-state index is -0.778. The summed E-state index contributed by atoms with van der Waals surface area (Å²) in [5.74, 6) is -0.369. The molecule has 0 unspecified atom stereocenters. The van der Waals surface area contributed by atoms with Crippen molar-refractivity contribution in [2.75, 3.05) is 13.2 Å². The van der Waals surface area contributed by atoms with Gasteiger partial charge in [-0.05, 0) is 61.1 Å². The van der Waals surface area contributed by atoms with Gasteiger partial charge in [0.15, 0.2) is 6.61 Å². The zero-order valence-electron chi connectivity index (χ0n) is 21.5. The van der Waals surface area contributed by atoms with E-state index in [0.717, 1.165) is 32.1 Å². The molecule has 4 rings (SSSR count). The summed E-state index contributed by atoms with van der Waals surface area (Å²) in [6.45, 7) is 4.34. The van der Waals surface area contributed by atoms with Crippen LogP contribution in [0.2, 0.25) is 10.0 Å². The second kappa shape index (κ2) is 11.2. The van der Waals surface area contributed by atoms with E-state index in [1.807, 2.05) is 0 Å². The molecule has 1 spiro atoms. The highest BCUT2D eigenvalue weighted by Gasteiger charge is 2.49. The predicted molar refractivity (Wildman–Crippen MR) is 141 cm³/mol. The summed E-state index contributed by atoms with van der Waals surface area (Å²) in [6, 6.07) is 5.50. The molecule has 37 heavy (non-hydrogen) atoms. The normalized spacial score (nSPS) is 25.1. The van der Waals surface area contributed by atoms with Crippen LogP contribution >= 0.6 is 23.2 Å². The molecule has 3 aliphatic rings. The van der Waals surface area contributed by atoms with Crippen molar-refractivity contribution in [2.24, 2.45) is 16.7 Å². The molecule has 3 atom stereocenters. The molecule has 1 aliphatic heterocycles. The van der Waals surface area contributed by atoms with Gasteiger partial charge < -0.3 is 15.0 Å². The standard InChI is InChI=1S/C28H35Cl2N3O4/c1-27(2)12-18(23(34)14-27)10-20(15-31)32-26(36)22-13-28(8-4-3-5-9-28)17-33(22)25(35)16-37-24-7-6-19(29)11-21(24)30/h6-7,11,18,20,22H,3-5,8-10,12-14,16-17H2,1-2H3,(H,32,36)/t18-,20+,22+/m1/s1. The number of Topliss-reactive ketones (excluding diaryl/α,β-unsaturated/α-hetero) is 1. The van der Waals surface area contributed by atoms with Crippen LogP contribution in [0.4, 0.5) is 0 Å². The van der Waals surface area contributed by atoms with Crippen LogP contribution in [0.3, 0.4) is 0 Å². The van der Waals surface area contributed by atoms with Gasteiger partial charge in [-0.15, -0.1) is 0 Å². The number of amides is 2. The lowest BCUT2D eigenvalue weighted by Crippen LogP contribution is -2.50. The van der Waals surface area contributed by atoms with E-state index in [-0.39, 0.29) is 41.0 Å². The number of nitrogens with zero attached hydrogens (tertiary/aromatic N) is 2. The Bertz CT molecular complexity index is 1090. The summed E-state index contributed by atoms with van der Waals surface area (Å²) in [4.78, 5) is 40.9. The van der Waals surface area contributed by atoms with Crippen molar-refractivity contribution in [1.29, 1.82) is 5.26 Å². The molecule has 0 aromatic heterocycles. The second-order valence-electron chi connectivity index (χ2n) is 11.8. The summed E-state index contributed by atoms with van der Waals surface area (Å²) >= 11 is 12.1. The summed E-state index contributed by atoms with van der Waals surface area (Å²) in [6.07, 6.45) is 7.33. The third kappa shape index (κ3) is 6.59. The first-order valence-corrected chi connectivity index (χ1v) is 13.9. The molecular formula is C28H35Cl2N3O4. The highest BCUT2D eigenvalue weighted by atomic mass is 35.5. The molecular weight excluding hydrogens is 513 g/mol. The Morgan fingerprint density at radius 2 is 1.95 bits per heavy atom. The molecule has 200 valence electrons. The molecule has 0 bridgehead atoms. The Kier molecular flexibility index (Phi) is 8.40. The van der Waals surface area contributed by atoms with E-state index in [0.29, 0.717) is 48.0 Å². The van der Waals surface area contributed by atoms with Gasteiger partial charge in [0, 0.05) is 23.9 Å². The van der Waals surface area contributed by atoms with Gasteiger partial charge in [0.2, 0.25) is 5.91 Å². The third-order valence-corrected chi connectivity index (χ3v) is 8.72. The zero-order valence-corrected chi connectivity index (χ0v) is 23.0. The predicted octanol–water partition coefficient (Wildman–Crippen LogP) is 5.33. The fourth-order valence-electron chi connectivity index (χ4n) is 6.41. The van der Waals surface area contributed by atoms with Gasteiger partial charge in [-0.3, -0.25) is 14.4 Å². The van der Waals surface area contributed by atoms with Crippen LogP contribution in [0.5, 0.6) is 5.75 Å². The van der Waals surface area contributed by atoms with Crippen LogP contribution < -0.4 is 10.1 Å². The van der Waals surface area contributed by atoms with Crippen LogP contribution in [0.15, 0.2) is 18.2 Å². The lowest BCUT2D eigenvalue weighted by Gasteiger charge is -2.33. The van der Waals surface area contributed by atoms with Crippen LogP contribution in [0, 0.1) is 28.1 Å². The molecule has 1 heterocycles. The number of carbonyl (C=O) groups excluding carboxylic acids is 3. The number of ketones is 1. The van der Waals surface area contributed by atoms with Crippen LogP contribution in [-0.4, -0.2) is 47.7 Å². The Morgan fingerprint density at radius 3 is 2.57 bits per heavy atom. The van der Waals surface area contributed by atoms with Gasteiger partial charge in [0.1, 0.15) is 23.6 Å². The van der Waals surface area contributed by atoms with Crippen molar-refractivity contribution in [2.45, 2.75) is 83.7 Å². The van der Waals surface area contributed by atoms with E-state index < -0.39 is 12.1 Å². The maximum atomic E-state index is 13.5. The van der Waals surface area contributed by atoms with E-state index in [2.05, 4.69) is 25.2 Å². The molecule has 2 aliphatic carbocycles. The average molecular weight is 549 g/mol. The Balaban J connectivity index is 1.45. The molecule has 2 amide bonds. The number of nitrogens with one attached hydrogen (secondary N) is 1. The molecule has 1 aromatic rings. The van der Waals surface area contributed by atoms with Crippen LogP contribution in [-0.2, 0) is 14.4 Å². The first-order valence-electron chi connectivity index (χ1n) is 13.1. The Morgan fingerprint density at radius 1 is 1.22 bits per heavy atom. The Hall–Kier alpha value is -2.30. The van der Waals surface area contributed by atoms with Crippen LogP contribution in [0.25, 0.3) is 0 Å². The number of hydrogen-bond acceptors (Lipinski definition) is 5. The number of rotatable bonds is 7. The first kappa shape index (κ1) is 27.7. The number of hydrogen-bond donors (Lipinski definition) is 1. The van der Waals surface area contributed by atoms with Gasteiger partial charge in [-0.25, -0.2) is 0 Å². The largest absolute Gasteiger partial charge is 0.482 e. The summed E-state index contributed by atoms with van der Waals surface area (Å²) in [5.41, 5.74) is -0.178. The summed E-state index contributed by atoms with van der Waals surface area (Å²) in [5, 5.41) is 13.4. The molecule has 0 radical (unpaired) electrons. The molecule has 7 nitrogen and oxygen atoms in total. The maximum absolute atomic E-state index is 13.5. The second-order valence-corrected chi connectivity index (χ2v) is 12.6. The van der Waals surface area contributed by atoms with Gasteiger partial charge in [-0.2, -0.15) is 5.26 Å².